The third-order valence-electron chi connectivity index (χ3n) is 13.5. The summed E-state index contributed by atoms with van der Waals surface area (Å²) in [5.74, 6) is -13.3. The molecule has 30 heteroatoms. The molecule has 9 atom stereocenters. The van der Waals surface area contributed by atoms with Crippen molar-refractivity contribution in [3.8, 4) is 0 Å². The van der Waals surface area contributed by atoms with Crippen LogP contribution in [0.15, 0.2) is 60.8 Å². The number of nitrogens with one attached hydrogen (secondary N) is 10. The third-order valence-corrected chi connectivity index (χ3v) is 13.5. The highest BCUT2D eigenvalue weighted by Crippen LogP contribution is 2.21. The molecule has 448 valence electrons. The fourth-order valence-electron chi connectivity index (χ4n) is 9.40. The Morgan fingerprint density at radius 1 is 0.614 bits per heavy atom. The van der Waals surface area contributed by atoms with Crippen LogP contribution in [0.25, 0.3) is 10.9 Å². The summed E-state index contributed by atoms with van der Waals surface area (Å²) in [5.41, 5.74) is 23.1. The smallest absolute Gasteiger partial charge is 0.248 e. The highest BCUT2D eigenvalue weighted by atomic mass is 16.3. The standard InChI is InChI=1S/C53H71N15O15/c1-26(2)17-33(62-47(77)31-14-15-43(73)60-31)48(78)65-36(21-41(55)71)50(80)63-34(18-27-9-4-3-5-10-27)49(79)67-38(25-69)53(83)68-16-8-13-39(68)52(82)66-37(22-42(56)72)51(81)64-35(19-28-23-58-30-12-7-6-11-29(28)30)46(76)59-24-44(74)61-32(45(57)75)20-40(54)70/h3-7,9-12,23,26,31-39,58,69H,8,13-22,24-25H2,1-2H3,(H2,54,70)(H2,55,71)(H2,56,72)(H2,57,75)(H,59,76)(H,60,73)(H,61,74)(H,62,77)(H,63,80)(H,64,81)(H,65,78)(H,66,82)(H,67,79)/t31-,32-,33-,34-,35-,36-,37-,38-,39-/m0/s1. The Kier molecular flexibility index (Phi) is 23.5. The zero-order chi connectivity index (χ0) is 61.1. The maximum absolute atomic E-state index is 14.3. The summed E-state index contributed by atoms with van der Waals surface area (Å²) in [6.07, 6.45) is -0.560. The van der Waals surface area contributed by atoms with Crippen LogP contribution in [0.4, 0.5) is 0 Å². The van der Waals surface area contributed by atoms with Gasteiger partial charge in [-0.3, -0.25) is 67.1 Å². The van der Waals surface area contributed by atoms with Gasteiger partial charge in [-0.05, 0) is 48.8 Å². The lowest BCUT2D eigenvalue weighted by atomic mass is 10.0. The number of aromatic nitrogens is 1. The molecule has 0 saturated carbocycles. The molecule has 2 fully saturated rings. The Balaban J connectivity index is 1.31. The second-order valence-corrected chi connectivity index (χ2v) is 20.5. The normalized spacial score (nSPS) is 17.2. The van der Waals surface area contributed by atoms with Crippen LogP contribution in [-0.2, 0) is 80.0 Å². The molecule has 5 rings (SSSR count). The Morgan fingerprint density at radius 3 is 1.75 bits per heavy atom. The van der Waals surface area contributed by atoms with Gasteiger partial charge in [0.05, 0.1) is 32.4 Å². The van der Waals surface area contributed by atoms with E-state index in [1.54, 1.807) is 74.6 Å². The van der Waals surface area contributed by atoms with Crippen LogP contribution < -0.4 is 70.8 Å². The molecule has 1 aromatic heterocycles. The second-order valence-electron chi connectivity index (χ2n) is 20.5. The highest BCUT2D eigenvalue weighted by molar-refractivity contribution is 6.01. The van der Waals surface area contributed by atoms with Gasteiger partial charge in [-0.2, -0.15) is 0 Å². The Morgan fingerprint density at radius 2 is 1.16 bits per heavy atom. The fourth-order valence-corrected chi connectivity index (χ4v) is 9.40. The average Bonchev–Trinajstić information content (AvgIpc) is 4.27. The number of fused-ring (bicyclic) bond motifs is 1. The predicted octanol–water partition coefficient (Wildman–Crippen LogP) is -6.12. The first-order valence-corrected chi connectivity index (χ1v) is 26.7. The number of nitrogens with zero attached hydrogens (tertiary/aromatic N) is 1. The lowest BCUT2D eigenvalue weighted by molar-refractivity contribution is -0.143. The summed E-state index contributed by atoms with van der Waals surface area (Å²) < 4.78 is 0. The van der Waals surface area contributed by atoms with Crippen molar-refractivity contribution >= 4 is 93.6 Å². The molecule has 0 unspecified atom stereocenters. The number of benzene rings is 2. The van der Waals surface area contributed by atoms with Crippen LogP contribution >= 0.6 is 0 Å². The van der Waals surface area contributed by atoms with Gasteiger partial charge >= 0.3 is 0 Å². The van der Waals surface area contributed by atoms with Crippen LogP contribution in [0.1, 0.15) is 76.3 Å². The number of hydrogen-bond acceptors (Lipinski definition) is 15. The van der Waals surface area contributed by atoms with Crippen molar-refractivity contribution in [2.75, 3.05) is 19.7 Å². The second kappa shape index (κ2) is 30.4. The van der Waals surface area contributed by atoms with E-state index in [9.17, 15) is 72.2 Å². The number of amides is 14. The lowest BCUT2D eigenvalue weighted by Crippen LogP contribution is -2.61. The Labute approximate surface area is 475 Å². The Bertz CT molecular complexity index is 2940. The first kappa shape index (κ1) is 64.3. The summed E-state index contributed by atoms with van der Waals surface area (Å²) in [4.78, 5) is 188. The molecule has 30 nitrogen and oxygen atoms in total. The van der Waals surface area contributed by atoms with Crippen molar-refractivity contribution < 1.29 is 72.2 Å². The van der Waals surface area contributed by atoms with Gasteiger partial charge in [-0.15, -0.1) is 0 Å². The van der Waals surface area contributed by atoms with Gasteiger partial charge in [0, 0.05) is 42.9 Å². The average molecular weight is 1160 g/mol. The summed E-state index contributed by atoms with van der Waals surface area (Å²) in [7, 11) is 0. The predicted molar refractivity (Wildman–Crippen MR) is 292 cm³/mol. The van der Waals surface area contributed by atoms with Crippen molar-refractivity contribution in [3.63, 3.8) is 0 Å². The van der Waals surface area contributed by atoms with E-state index in [-0.39, 0.29) is 63.3 Å². The molecular formula is C53H71N15O15. The fraction of sp³-hybridized carbons (Fsp3) is 0.472. The van der Waals surface area contributed by atoms with E-state index in [1.807, 2.05) is 0 Å². The quantitative estimate of drug-likeness (QED) is 0.0285. The number of likely N-dealkylation sites (tertiary alicyclic amines) is 1. The first-order valence-electron chi connectivity index (χ1n) is 26.7. The van der Waals surface area contributed by atoms with Crippen LogP contribution in [0.2, 0.25) is 0 Å². The van der Waals surface area contributed by atoms with E-state index >= 15 is 0 Å². The van der Waals surface area contributed by atoms with Gasteiger partial charge in [0.1, 0.15) is 54.4 Å². The molecule has 0 spiro atoms. The number of aliphatic hydroxyl groups is 1. The summed E-state index contributed by atoms with van der Waals surface area (Å²) in [6.45, 7) is 1.61. The maximum Gasteiger partial charge on any atom is 0.248 e. The van der Waals surface area contributed by atoms with E-state index in [0.29, 0.717) is 22.0 Å². The third kappa shape index (κ3) is 19.4. The van der Waals surface area contributed by atoms with Gasteiger partial charge in [-0.1, -0.05) is 62.4 Å². The zero-order valence-electron chi connectivity index (χ0n) is 45.7. The molecule has 3 heterocycles. The van der Waals surface area contributed by atoms with E-state index in [4.69, 9.17) is 22.9 Å². The van der Waals surface area contributed by atoms with Gasteiger partial charge in [-0.25, -0.2) is 0 Å². The highest BCUT2D eigenvalue weighted by Gasteiger charge is 2.41. The van der Waals surface area contributed by atoms with Gasteiger partial charge in [0.15, 0.2) is 0 Å². The number of carbonyl (C=O) groups is 14. The maximum atomic E-state index is 14.3. The molecule has 3 aromatic rings. The van der Waals surface area contributed by atoms with Crippen molar-refractivity contribution in [2.45, 2.75) is 132 Å². The topological polar surface area (TPSA) is 491 Å². The van der Waals surface area contributed by atoms with Crippen molar-refractivity contribution in [1.29, 1.82) is 0 Å². The van der Waals surface area contributed by atoms with Gasteiger partial charge in [0.2, 0.25) is 82.7 Å². The van der Waals surface area contributed by atoms with Gasteiger partial charge in [0.25, 0.3) is 0 Å². The van der Waals surface area contributed by atoms with Crippen LogP contribution in [-0.4, -0.2) is 172 Å². The molecule has 2 saturated heterocycles. The molecule has 0 bridgehead atoms. The lowest BCUT2D eigenvalue weighted by Gasteiger charge is -2.30. The van der Waals surface area contributed by atoms with E-state index in [0.717, 1.165) is 4.90 Å². The minimum atomic E-state index is -1.77. The number of carbonyl (C=O) groups excluding carboxylic acids is 14. The molecule has 0 aliphatic carbocycles. The van der Waals surface area contributed by atoms with Crippen molar-refractivity contribution in [2.24, 2.45) is 28.9 Å². The largest absolute Gasteiger partial charge is 0.394 e. The molecule has 0 radical (unpaired) electrons. The number of nitrogens with two attached hydrogens (primary N) is 4. The van der Waals surface area contributed by atoms with E-state index in [2.05, 4.69) is 52.8 Å². The molecular weight excluding hydrogens is 1090 g/mol. The summed E-state index contributed by atoms with van der Waals surface area (Å²) in [6, 6.07) is 1.83. The van der Waals surface area contributed by atoms with E-state index in [1.165, 1.54) is 0 Å². The number of primary amides is 4. The van der Waals surface area contributed by atoms with Crippen molar-refractivity contribution in [1.82, 2.24) is 57.7 Å². The minimum absolute atomic E-state index is 0.0171. The molecule has 14 amide bonds. The first-order chi connectivity index (χ1) is 39.3. The number of H-pyrrole nitrogens is 1. The number of hydrogen-bond donors (Lipinski definition) is 15. The number of rotatable bonds is 31. The Hall–Kier alpha value is -9.48. The molecule has 2 aliphatic heterocycles. The summed E-state index contributed by atoms with van der Waals surface area (Å²) in [5, 5.41) is 33.1. The molecule has 2 aliphatic rings. The number of aliphatic hydroxyl groups excluding tert-OH is 1. The van der Waals surface area contributed by atoms with Crippen molar-refractivity contribution in [3.05, 3.63) is 71.9 Å². The molecule has 2 aromatic carbocycles. The molecule has 19 N–H and O–H groups in total. The SMILES string of the molecule is CC(C)C[C@H](NC(=O)[C@@H]1CCC(=O)N1)C(=O)N[C@@H](CC(N)=O)C(=O)N[C@@H](Cc1ccccc1)C(=O)N[C@@H](CO)C(=O)N1CCC[C@H]1C(=O)N[C@@H](CC(N)=O)C(=O)N[C@@H](Cc1c[nH]c2ccccc12)C(=O)NCC(=O)N[C@@H](CC(N)=O)C(N)=O. The van der Waals surface area contributed by atoms with E-state index < -0.39 is 164 Å². The van der Waals surface area contributed by atoms with Gasteiger partial charge < -0.3 is 85.8 Å². The van der Waals surface area contributed by atoms with Crippen LogP contribution in [0.3, 0.4) is 0 Å². The zero-order valence-corrected chi connectivity index (χ0v) is 45.7. The monoisotopic (exact) mass is 1160 g/mol. The van der Waals surface area contributed by atoms with Crippen LogP contribution in [0.5, 0.6) is 0 Å². The molecule has 83 heavy (non-hydrogen) atoms. The summed E-state index contributed by atoms with van der Waals surface area (Å²) >= 11 is 0. The number of para-hydroxylation sites is 1. The minimum Gasteiger partial charge on any atom is -0.394 e. The number of aromatic amines is 1. The van der Waals surface area contributed by atoms with Crippen LogP contribution in [0, 0.1) is 5.92 Å².